The van der Waals surface area contributed by atoms with E-state index in [2.05, 4.69) is 11.1 Å². The Labute approximate surface area is 99.2 Å². The zero-order chi connectivity index (χ0) is 11.4. The molecule has 0 radical (unpaired) electrons. The first-order chi connectivity index (χ1) is 7.85. The van der Waals surface area contributed by atoms with E-state index in [1.54, 1.807) is 18.4 Å². The highest BCUT2D eigenvalue weighted by Crippen LogP contribution is 2.29. The molecule has 2 aromatic rings. The molecule has 2 nitrogen and oxygen atoms in total. The van der Waals surface area contributed by atoms with Crippen molar-refractivity contribution in [3.63, 3.8) is 0 Å². The molecule has 0 amide bonds. The second kappa shape index (κ2) is 4.94. The minimum Gasteiger partial charge on any atom is -0.497 e. The van der Waals surface area contributed by atoms with Gasteiger partial charge in [-0.2, -0.15) is 0 Å². The summed E-state index contributed by atoms with van der Waals surface area (Å²) in [4.78, 5) is 4.33. The van der Waals surface area contributed by atoms with E-state index < -0.39 is 0 Å². The molecular weight excluding hydrogens is 218 g/mol. The summed E-state index contributed by atoms with van der Waals surface area (Å²) in [5.74, 6) is 0.869. The molecule has 0 spiro atoms. The Morgan fingerprint density at radius 3 is 2.88 bits per heavy atom. The minimum atomic E-state index is 0.869. The minimum absolute atomic E-state index is 0.869. The summed E-state index contributed by atoms with van der Waals surface area (Å²) in [5, 5.41) is 3.02. The third kappa shape index (κ3) is 2.14. The first-order valence-corrected chi connectivity index (χ1v) is 5.93. The summed E-state index contributed by atoms with van der Waals surface area (Å²) in [7, 11) is 1.68. The van der Waals surface area contributed by atoms with Crippen LogP contribution < -0.4 is 4.74 Å². The number of thiazole rings is 1. The standard InChI is InChI=1S/C13H13NOS/c1-3-4-10-9-11(15-2)5-6-12(10)13-14-7-8-16-13/h3-9H,1-2H3/b4-3-. The molecule has 1 heterocycles. The van der Waals surface area contributed by atoms with Crippen molar-refractivity contribution in [2.24, 2.45) is 0 Å². The van der Waals surface area contributed by atoms with Gasteiger partial charge in [-0.3, -0.25) is 0 Å². The van der Waals surface area contributed by atoms with E-state index in [-0.39, 0.29) is 0 Å². The monoisotopic (exact) mass is 231 g/mol. The summed E-state index contributed by atoms with van der Waals surface area (Å²) in [6, 6.07) is 6.04. The third-order valence-corrected chi connectivity index (χ3v) is 3.07. The van der Waals surface area contributed by atoms with Crippen LogP contribution in [-0.4, -0.2) is 12.1 Å². The quantitative estimate of drug-likeness (QED) is 0.800. The van der Waals surface area contributed by atoms with Crippen molar-refractivity contribution in [2.45, 2.75) is 6.92 Å². The number of allylic oxidation sites excluding steroid dienone is 1. The molecule has 0 N–H and O–H groups in total. The predicted molar refractivity (Wildman–Crippen MR) is 68.8 cm³/mol. The third-order valence-electron chi connectivity index (χ3n) is 2.27. The van der Waals surface area contributed by atoms with Crippen LogP contribution in [-0.2, 0) is 0 Å². The first kappa shape index (κ1) is 10.9. The van der Waals surface area contributed by atoms with E-state index in [1.165, 1.54) is 0 Å². The van der Waals surface area contributed by atoms with Gasteiger partial charge < -0.3 is 4.74 Å². The maximum absolute atomic E-state index is 5.22. The molecule has 0 aliphatic heterocycles. The number of hydrogen-bond donors (Lipinski definition) is 0. The van der Waals surface area contributed by atoms with Crippen LogP contribution in [0.5, 0.6) is 5.75 Å². The van der Waals surface area contributed by atoms with Crippen molar-refractivity contribution in [3.05, 3.63) is 41.4 Å². The van der Waals surface area contributed by atoms with Crippen molar-refractivity contribution in [1.29, 1.82) is 0 Å². The van der Waals surface area contributed by atoms with Gasteiger partial charge in [-0.25, -0.2) is 4.98 Å². The number of aromatic nitrogens is 1. The van der Waals surface area contributed by atoms with Gasteiger partial charge in [0.15, 0.2) is 0 Å². The summed E-state index contributed by atoms with van der Waals surface area (Å²) in [6.45, 7) is 2.01. The highest BCUT2D eigenvalue weighted by Gasteiger charge is 2.06. The molecule has 0 saturated carbocycles. The second-order valence-electron chi connectivity index (χ2n) is 3.29. The first-order valence-electron chi connectivity index (χ1n) is 5.05. The summed E-state index contributed by atoms with van der Waals surface area (Å²) >= 11 is 1.64. The molecule has 0 aliphatic carbocycles. The van der Waals surface area contributed by atoms with E-state index in [9.17, 15) is 0 Å². The maximum atomic E-state index is 5.22. The lowest BCUT2D eigenvalue weighted by Crippen LogP contribution is -1.87. The van der Waals surface area contributed by atoms with E-state index >= 15 is 0 Å². The van der Waals surface area contributed by atoms with Crippen LogP contribution in [0.3, 0.4) is 0 Å². The van der Waals surface area contributed by atoms with Crippen LogP contribution in [0.25, 0.3) is 16.6 Å². The van der Waals surface area contributed by atoms with Crippen LogP contribution in [0, 0.1) is 0 Å². The Balaban J connectivity index is 2.52. The van der Waals surface area contributed by atoms with Gasteiger partial charge >= 0.3 is 0 Å². The fourth-order valence-electron chi connectivity index (χ4n) is 1.54. The molecule has 82 valence electrons. The SMILES string of the molecule is C/C=C\c1cc(OC)ccc1-c1nccs1. The van der Waals surface area contributed by atoms with Gasteiger partial charge in [0.1, 0.15) is 10.8 Å². The molecule has 0 aliphatic rings. The largest absolute Gasteiger partial charge is 0.497 e. The molecule has 0 fully saturated rings. The number of methoxy groups -OCH3 is 1. The molecule has 16 heavy (non-hydrogen) atoms. The van der Waals surface area contributed by atoms with Gasteiger partial charge in [-0.15, -0.1) is 11.3 Å². The predicted octanol–water partition coefficient (Wildman–Crippen LogP) is 3.85. The molecular formula is C13H13NOS. The number of nitrogens with zero attached hydrogens (tertiary/aromatic N) is 1. The molecule has 0 bridgehead atoms. The van der Waals surface area contributed by atoms with Gasteiger partial charge in [0.05, 0.1) is 7.11 Å². The molecule has 3 heteroatoms. The Bertz CT molecular complexity index is 489. The average Bonchev–Trinajstić information content (AvgIpc) is 2.83. The summed E-state index contributed by atoms with van der Waals surface area (Å²) < 4.78 is 5.22. The number of ether oxygens (including phenoxy) is 1. The maximum Gasteiger partial charge on any atom is 0.123 e. The number of hydrogen-bond acceptors (Lipinski definition) is 3. The number of benzene rings is 1. The van der Waals surface area contributed by atoms with Crippen molar-refractivity contribution in [1.82, 2.24) is 4.98 Å². The lowest BCUT2D eigenvalue weighted by Gasteiger charge is -2.06. The summed E-state index contributed by atoms with van der Waals surface area (Å²) in [6.07, 6.45) is 5.91. The smallest absolute Gasteiger partial charge is 0.123 e. The van der Waals surface area contributed by atoms with Crippen molar-refractivity contribution in [2.75, 3.05) is 7.11 Å². The highest BCUT2D eigenvalue weighted by atomic mass is 32.1. The lowest BCUT2D eigenvalue weighted by atomic mass is 10.1. The van der Waals surface area contributed by atoms with Gasteiger partial charge in [-0.05, 0) is 30.7 Å². The van der Waals surface area contributed by atoms with E-state index in [0.29, 0.717) is 0 Å². The lowest BCUT2D eigenvalue weighted by molar-refractivity contribution is 0.415. The Kier molecular flexibility index (Phi) is 3.37. The zero-order valence-corrected chi connectivity index (χ0v) is 10.1. The number of rotatable bonds is 3. The van der Waals surface area contributed by atoms with Gasteiger partial charge in [0.2, 0.25) is 0 Å². The van der Waals surface area contributed by atoms with E-state index in [0.717, 1.165) is 21.9 Å². The fourth-order valence-corrected chi connectivity index (χ4v) is 2.22. The van der Waals surface area contributed by atoms with E-state index in [4.69, 9.17) is 4.74 Å². The Hall–Kier alpha value is -1.61. The normalized spacial score (nSPS) is 10.9. The van der Waals surface area contributed by atoms with Crippen LogP contribution >= 0.6 is 11.3 Å². The molecule has 0 unspecified atom stereocenters. The zero-order valence-electron chi connectivity index (χ0n) is 9.31. The van der Waals surface area contributed by atoms with Crippen molar-refractivity contribution in [3.8, 4) is 16.3 Å². The summed E-state index contributed by atoms with van der Waals surface area (Å²) in [5.41, 5.74) is 2.28. The van der Waals surface area contributed by atoms with Crippen LogP contribution in [0.2, 0.25) is 0 Å². The van der Waals surface area contributed by atoms with Crippen LogP contribution in [0.4, 0.5) is 0 Å². The average molecular weight is 231 g/mol. The van der Waals surface area contributed by atoms with Crippen molar-refractivity contribution >= 4 is 17.4 Å². The molecule has 0 saturated heterocycles. The van der Waals surface area contributed by atoms with Gasteiger partial charge in [0, 0.05) is 17.1 Å². The van der Waals surface area contributed by atoms with E-state index in [1.807, 2.05) is 42.8 Å². The molecule has 2 rings (SSSR count). The fraction of sp³-hybridized carbons (Fsp3) is 0.154. The molecule has 1 aromatic heterocycles. The van der Waals surface area contributed by atoms with Gasteiger partial charge in [-0.1, -0.05) is 12.2 Å². The highest BCUT2D eigenvalue weighted by molar-refractivity contribution is 7.13. The van der Waals surface area contributed by atoms with Crippen LogP contribution in [0.1, 0.15) is 12.5 Å². The molecule has 1 aromatic carbocycles. The van der Waals surface area contributed by atoms with Gasteiger partial charge in [0.25, 0.3) is 0 Å². The Morgan fingerprint density at radius 2 is 2.25 bits per heavy atom. The van der Waals surface area contributed by atoms with Crippen LogP contribution in [0.15, 0.2) is 35.9 Å². The Morgan fingerprint density at radius 1 is 1.38 bits per heavy atom. The van der Waals surface area contributed by atoms with Crippen molar-refractivity contribution < 1.29 is 4.74 Å². The topological polar surface area (TPSA) is 22.1 Å². The molecule has 0 atom stereocenters. The second-order valence-corrected chi connectivity index (χ2v) is 4.19.